The van der Waals surface area contributed by atoms with Gasteiger partial charge in [0.15, 0.2) is 6.61 Å². The van der Waals surface area contributed by atoms with Crippen LogP contribution in [-0.4, -0.2) is 34.0 Å². The number of para-hydroxylation sites is 1. The number of esters is 1. The molecular formula is C23H20F3N3O3S. The number of rotatable bonds is 8. The molecular weight excluding hydrogens is 455 g/mol. The van der Waals surface area contributed by atoms with Crippen molar-refractivity contribution in [2.45, 2.75) is 24.5 Å². The van der Waals surface area contributed by atoms with Gasteiger partial charge in [-0.3, -0.25) is 4.79 Å². The summed E-state index contributed by atoms with van der Waals surface area (Å²) in [6.45, 7) is 2.99. The zero-order valence-corrected chi connectivity index (χ0v) is 18.5. The van der Waals surface area contributed by atoms with E-state index in [2.05, 4.69) is 10.4 Å². The molecule has 172 valence electrons. The molecule has 33 heavy (non-hydrogen) atoms. The maximum atomic E-state index is 13.2. The third-order valence-corrected chi connectivity index (χ3v) is 5.32. The van der Waals surface area contributed by atoms with Gasteiger partial charge in [-0.15, -0.1) is 0 Å². The molecule has 6 nitrogen and oxygen atoms in total. The van der Waals surface area contributed by atoms with Crippen molar-refractivity contribution in [1.82, 2.24) is 9.78 Å². The van der Waals surface area contributed by atoms with Crippen LogP contribution in [0.3, 0.4) is 0 Å². The summed E-state index contributed by atoms with van der Waals surface area (Å²) in [5.41, 5.74) is 2.93. The molecule has 10 heteroatoms. The lowest BCUT2D eigenvalue weighted by Crippen LogP contribution is -2.20. The molecule has 3 rings (SSSR count). The second kappa shape index (κ2) is 10.9. The number of aromatic nitrogens is 2. The van der Waals surface area contributed by atoms with Crippen LogP contribution in [0.4, 0.5) is 18.9 Å². The van der Waals surface area contributed by atoms with Gasteiger partial charge < -0.3 is 10.1 Å². The fourth-order valence-electron chi connectivity index (χ4n) is 3.02. The van der Waals surface area contributed by atoms with E-state index in [9.17, 15) is 22.8 Å². The minimum Gasteiger partial charge on any atom is -0.452 e. The number of alkyl halides is 2. The molecule has 1 amide bonds. The number of benzene rings is 2. The fourth-order valence-corrected chi connectivity index (χ4v) is 3.62. The second-order valence-electron chi connectivity index (χ2n) is 6.84. The molecule has 0 fully saturated rings. The van der Waals surface area contributed by atoms with Crippen molar-refractivity contribution in [3.8, 4) is 5.69 Å². The normalized spacial score (nSPS) is 11.2. The highest BCUT2D eigenvalue weighted by molar-refractivity contribution is 7.99. The number of nitrogens with zero attached hydrogens (tertiary/aromatic N) is 2. The van der Waals surface area contributed by atoms with Crippen LogP contribution in [0.5, 0.6) is 0 Å². The third kappa shape index (κ3) is 6.48. The summed E-state index contributed by atoms with van der Waals surface area (Å²) in [7, 11) is 0. The Bertz CT molecular complexity index is 1180. The van der Waals surface area contributed by atoms with Crippen molar-refractivity contribution in [3.05, 3.63) is 77.4 Å². The number of amides is 1. The van der Waals surface area contributed by atoms with E-state index in [0.29, 0.717) is 28.7 Å². The van der Waals surface area contributed by atoms with Crippen LogP contribution in [0.2, 0.25) is 0 Å². The summed E-state index contributed by atoms with van der Waals surface area (Å²) in [5, 5.41) is 6.86. The summed E-state index contributed by atoms with van der Waals surface area (Å²) >= 11 is 0.307. The molecule has 0 bridgehead atoms. The number of thioether (sulfide) groups is 1. The maximum absolute atomic E-state index is 13.2. The molecule has 3 aromatic rings. The quantitative estimate of drug-likeness (QED) is 0.278. The van der Waals surface area contributed by atoms with E-state index in [1.807, 2.05) is 0 Å². The van der Waals surface area contributed by atoms with Crippen LogP contribution in [0.15, 0.2) is 59.5 Å². The molecule has 1 heterocycles. The molecule has 0 saturated carbocycles. The predicted molar refractivity (Wildman–Crippen MR) is 120 cm³/mol. The van der Waals surface area contributed by atoms with Gasteiger partial charge in [0.05, 0.1) is 17.1 Å². The summed E-state index contributed by atoms with van der Waals surface area (Å²) < 4.78 is 45.0. The maximum Gasteiger partial charge on any atom is 0.331 e. The van der Waals surface area contributed by atoms with E-state index >= 15 is 0 Å². The van der Waals surface area contributed by atoms with Gasteiger partial charge >= 0.3 is 5.97 Å². The van der Waals surface area contributed by atoms with E-state index in [0.717, 1.165) is 5.69 Å². The van der Waals surface area contributed by atoms with Crippen LogP contribution < -0.4 is 5.32 Å². The number of ether oxygens (including phenoxy) is 1. The highest BCUT2D eigenvalue weighted by Crippen LogP contribution is 2.31. The molecule has 2 aromatic carbocycles. The number of hydrogen-bond acceptors (Lipinski definition) is 5. The molecule has 0 unspecified atom stereocenters. The second-order valence-corrected chi connectivity index (χ2v) is 7.87. The first kappa shape index (κ1) is 24.1. The molecule has 0 radical (unpaired) electrons. The minimum absolute atomic E-state index is 0.205. The number of anilines is 1. The summed E-state index contributed by atoms with van der Waals surface area (Å²) in [4.78, 5) is 24.3. The van der Waals surface area contributed by atoms with E-state index in [1.54, 1.807) is 42.8 Å². The average Bonchev–Trinajstić information content (AvgIpc) is 3.05. The zero-order valence-electron chi connectivity index (χ0n) is 17.7. The first-order valence-corrected chi connectivity index (χ1v) is 10.6. The topological polar surface area (TPSA) is 73.2 Å². The molecule has 0 aliphatic carbocycles. The monoisotopic (exact) mass is 475 g/mol. The van der Waals surface area contributed by atoms with Crippen LogP contribution in [0, 0.1) is 19.7 Å². The molecule has 0 aliphatic heterocycles. The smallest absolute Gasteiger partial charge is 0.331 e. The van der Waals surface area contributed by atoms with Crippen molar-refractivity contribution in [1.29, 1.82) is 0 Å². The van der Waals surface area contributed by atoms with E-state index in [-0.39, 0.29) is 16.4 Å². The van der Waals surface area contributed by atoms with Crippen LogP contribution in [0.25, 0.3) is 11.8 Å². The number of carbonyl (C=O) groups is 2. The number of nitrogens with one attached hydrogen (secondary N) is 1. The fraction of sp³-hybridized carbons (Fsp3) is 0.174. The predicted octanol–water partition coefficient (Wildman–Crippen LogP) is 5.14. The van der Waals surface area contributed by atoms with Crippen molar-refractivity contribution in [2.75, 3.05) is 11.9 Å². The number of carbonyl (C=O) groups excluding carboxylic acids is 2. The summed E-state index contributed by atoms with van der Waals surface area (Å²) in [5.74, 6) is -4.40. The summed E-state index contributed by atoms with van der Waals surface area (Å²) in [6, 6.07) is 11.9. The summed E-state index contributed by atoms with van der Waals surface area (Å²) in [6.07, 6.45) is 2.69. The molecule has 1 N–H and O–H groups in total. The molecule has 0 aliphatic rings. The first-order valence-electron chi connectivity index (χ1n) is 9.75. The Labute approximate surface area is 192 Å². The lowest BCUT2D eigenvalue weighted by Gasteiger charge is -2.10. The van der Waals surface area contributed by atoms with Gasteiger partial charge in [-0.25, -0.2) is 13.9 Å². The Morgan fingerprint density at radius 2 is 1.85 bits per heavy atom. The van der Waals surface area contributed by atoms with Gasteiger partial charge in [0.25, 0.3) is 11.7 Å². The lowest BCUT2D eigenvalue weighted by molar-refractivity contribution is -0.142. The number of halogens is 3. The molecule has 1 aromatic heterocycles. The van der Waals surface area contributed by atoms with Gasteiger partial charge in [-0.2, -0.15) is 13.9 Å². The van der Waals surface area contributed by atoms with E-state index in [4.69, 9.17) is 4.74 Å². The van der Waals surface area contributed by atoms with Gasteiger partial charge in [-0.05, 0) is 56.3 Å². The van der Waals surface area contributed by atoms with E-state index < -0.39 is 24.2 Å². The van der Waals surface area contributed by atoms with Gasteiger partial charge in [-0.1, -0.05) is 23.9 Å². The standard InChI is InChI=1S/C23H20F3N3O3S/c1-14-18(15(2)29(28-14)17-9-7-16(24)8-10-17)11-12-22(31)32-13-21(30)27-19-5-3-4-6-20(19)33-23(25)26/h3-12,23H,13H2,1-2H3,(H,27,30). The Hall–Kier alpha value is -3.53. The zero-order chi connectivity index (χ0) is 24.0. The molecule has 0 spiro atoms. The third-order valence-electron chi connectivity index (χ3n) is 4.53. The minimum atomic E-state index is -2.63. The van der Waals surface area contributed by atoms with Crippen LogP contribution >= 0.6 is 11.8 Å². The number of hydrogen-bond donors (Lipinski definition) is 1. The van der Waals surface area contributed by atoms with Gasteiger partial charge in [0.1, 0.15) is 5.82 Å². The highest BCUT2D eigenvalue weighted by Gasteiger charge is 2.14. The van der Waals surface area contributed by atoms with Crippen molar-refractivity contribution < 1.29 is 27.5 Å². The van der Waals surface area contributed by atoms with Gasteiger partial charge in [0, 0.05) is 22.2 Å². The van der Waals surface area contributed by atoms with Gasteiger partial charge in [0.2, 0.25) is 0 Å². The lowest BCUT2D eigenvalue weighted by atomic mass is 10.2. The van der Waals surface area contributed by atoms with Crippen molar-refractivity contribution in [3.63, 3.8) is 0 Å². The average molecular weight is 475 g/mol. The molecule has 0 saturated heterocycles. The Morgan fingerprint density at radius 3 is 2.55 bits per heavy atom. The van der Waals surface area contributed by atoms with Crippen LogP contribution in [0.1, 0.15) is 17.0 Å². The largest absolute Gasteiger partial charge is 0.452 e. The van der Waals surface area contributed by atoms with Crippen molar-refractivity contribution >= 4 is 35.4 Å². The highest BCUT2D eigenvalue weighted by atomic mass is 32.2. The Kier molecular flexibility index (Phi) is 7.94. The van der Waals surface area contributed by atoms with Crippen LogP contribution in [-0.2, 0) is 14.3 Å². The Balaban J connectivity index is 1.60. The Morgan fingerprint density at radius 1 is 1.15 bits per heavy atom. The van der Waals surface area contributed by atoms with Crippen molar-refractivity contribution in [2.24, 2.45) is 0 Å². The SMILES string of the molecule is Cc1nn(-c2ccc(F)cc2)c(C)c1C=CC(=O)OCC(=O)Nc1ccccc1SC(F)F. The number of aryl methyl sites for hydroxylation is 1. The first-order chi connectivity index (χ1) is 15.7. The molecule has 0 atom stereocenters. The van der Waals surface area contributed by atoms with E-state index in [1.165, 1.54) is 36.4 Å².